The number of hydrogen-bond acceptors (Lipinski definition) is 7. The van der Waals surface area contributed by atoms with Crippen molar-refractivity contribution in [3.05, 3.63) is 40.0 Å². The molecular formula is C23H28ClN7O4S. The molecule has 1 saturated heterocycles. The molecule has 3 aromatic heterocycles. The Morgan fingerprint density at radius 3 is 2.81 bits per heavy atom. The zero-order chi connectivity index (χ0) is 25.4. The first kappa shape index (κ1) is 24.8. The molecule has 2 N–H and O–H groups in total. The molecule has 0 unspecified atom stereocenters. The predicted octanol–water partition coefficient (Wildman–Crippen LogP) is 2.49. The lowest BCUT2D eigenvalue weighted by atomic mass is 10.1. The van der Waals surface area contributed by atoms with Crippen LogP contribution in [0.25, 0.3) is 27.9 Å². The van der Waals surface area contributed by atoms with Gasteiger partial charge in [-0.15, -0.1) is 10.2 Å². The maximum Gasteiger partial charge on any atom is 0.335 e. The molecule has 192 valence electrons. The van der Waals surface area contributed by atoms with Crippen LogP contribution < -0.4 is 15.7 Å². The lowest BCUT2D eigenvalue weighted by molar-refractivity contribution is 0.341. The molecule has 5 rings (SSSR count). The van der Waals surface area contributed by atoms with Gasteiger partial charge in [-0.1, -0.05) is 18.5 Å². The van der Waals surface area contributed by atoms with Crippen LogP contribution in [0.2, 0.25) is 5.02 Å². The topological polar surface area (TPSA) is 127 Å². The summed E-state index contributed by atoms with van der Waals surface area (Å²) in [6.45, 7) is 6.85. The maximum atomic E-state index is 13.5. The van der Waals surface area contributed by atoms with E-state index in [1.165, 1.54) is 15.0 Å². The second-order valence-electron chi connectivity index (χ2n) is 8.59. The summed E-state index contributed by atoms with van der Waals surface area (Å²) in [7, 11) is -3.74. The zero-order valence-corrected chi connectivity index (χ0v) is 21.7. The van der Waals surface area contributed by atoms with Gasteiger partial charge in [0.05, 0.1) is 27.7 Å². The summed E-state index contributed by atoms with van der Waals surface area (Å²) >= 11 is 6.91. The van der Waals surface area contributed by atoms with E-state index in [0.717, 1.165) is 13.0 Å². The standard InChI is InChI=1S/C23H28ClN7O4S/c1-3-10-30-21-18(24)19(27-20(21)22-28-26-14-31(22)23(30)32)16-13-15(6-7-17(16)35-4-2)36(33,34)29-11-5-8-25-9-12-29/h6-7,13-14,25,27H,3-5,8-12H2,1-2H3. The van der Waals surface area contributed by atoms with Crippen molar-refractivity contribution in [2.75, 3.05) is 32.8 Å². The summed E-state index contributed by atoms with van der Waals surface area (Å²) < 4.78 is 37.3. The van der Waals surface area contributed by atoms with Gasteiger partial charge in [-0.2, -0.15) is 4.31 Å². The monoisotopic (exact) mass is 533 g/mol. The van der Waals surface area contributed by atoms with E-state index >= 15 is 0 Å². The Bertz CT molecular complexity index is 1580. The normalized spacial score (nSPS) is 15.5. The maximum absolute atomic E-state index is 13.5. The van der Waals surface area contributed by atoms with Gasteiger partial charge in [0.2, 0.25) is 10.0 Å². The van der Waals surface area contributed by atoms with E-state index in [2.05, 4.69) is 20.5 Å². The zero-order valence-electron chi connectivity index (χ0n) is 20.1. The van der Waals surface area contributed by atoms with Crippen LogP contribution in [0.4, 0.5) is 0 Å². The molecule has 4 heterocycles. The third kappa shape index (κ3) is 4.07. The Morgan fingerprint density at radius 2 is 2.03 bits per heavy atom. The number of sulfonamides is 1. The molecule has 13 heteroatoms. The minimum atomic E-state index is -3.74. The molecule has 11 nitrogen and oxygen atoms in total. The van der Waals surface area contributed by atoms with Gasteiger partial charge in [0.25, 0.3) is 0 Å². The smallest absolute Gasteiger partial charge is 0.335 e. The molecule has 0 amide bonds. The Balaban J connectivity index is 1.74. The number of aromatic nitrogens is 5. The van der Waals surface area contributed by atoms with Gasteiger partial charge in [-0.25, -0.2) is 17.6 Å². The van der Waals surface area contributed by atoms with Crippen molar-refractivity contribution in [3.8, 4) is 17.0 Å². The molecule has 0 spiro atoms. The Labute approximate surface area is 213 Å². The van der Waals surface area contributed by atoms with Gasteiger partial charge in [0.1, 0.15) is 17.6 Å². The minimum Gasteiger partial charge on any atom is -0.493 e. The van der Waals surface area contributed by atoms with Crippen LogP contribution in [-0.4, -0.2) is 69.7 Å². The molecule has 0 saturated carbocycles. The number of hydrogen-bond donors (Lipinski definition) is 2. The lowest BCUT2D eigenvalue weighted by Crippen LogP contribution is -2.34. The van der Waals surface area contributed by atoms with Crippen molar-refractivity contribution in [2.45, 2.75) is 38.1 Å². The van der Waals surface area contributed by atoms with Crippen molar-refractivity contribution in [1.82, 2.24) is 33.8 Å². The molecule has 4 aromatic rings. The Morgan fingerprint density at radius 1 is 1.19 bits per heavy atom. The molecule has 36 heavy (non-hydrogen) atoms. The highest BCUT2D eigenvalue weighted by Gasteiger charge is 2.28. The van der Waals surface area contributed by atoms with Crippen LogP contribution in [-0.2, 0) is 16.6 Å². The van der Waals surface area contributed by atoms with Gasteiger partial charge in [-0.05, 0) is 44.5 Å². The third-order valence-electron chi connectivity index (χ3n) is 6.30. The number of aromatic amines is 1. The van der Waals surface area contributed by atoms with E-state index in [9.17, 15) is 13.2 Å². The van der Waals surface area contributed by atoms with Crippen LogP contribution in [0.3, 0.4) is 0 Å². The van der Waals surface area contributed by atoms with Crippen molar-refractivity contribution >= 4 is 38.3 Å². The van der Waals surface area contributed by atoms with Crippen LogP contribution in [0.5, 0.6) is 5.75 Å². The van der Waals surface area contributed by atoms with Crippen LogP contribution in [0.1, 0.15) is 26.7 Å². The molecule has 1 fully saturated rings. The Hall–Kier alpha value is -2.93. The summed E-state index contributed by atoms with van der Waals surface area (Å²) in [4.78, 5) is 16.5. The first-order chi connectivity index (χ1) is 17.4. The van der Waals surface area contributed by atoms with Gasteiger partial charge >= 0.3 is 5.69 Å². The first-order valence-corrected chi connectivity index (χ1v) is 13.8. The number of H-pyrrole nitrogens is 1. The van der Waals surface area contributed by atoms with Gasteiger partial charge in [0.15, 0.2) is 5.65 Å². The summed E-state index contributed by atoms with van der Waals surface area (Å²) in [6, 6.07) is 4.79. The minimum absolute atomic E-state index is 0.149. The molecule has 1 aliphatic rings. The quantitative estimate of drug-likeness (QED) is 0.373. The second kappa shape index (κ2) is 9.85. The van der Waals surface area contributed by atoms with E-state index in [0.29, 0.717) is 72.9 Å². The molecular weight excluding hydrogens is 506 g/mol. The molecule has 0 radical (unpaired) electrons. The largest absolute Gasteiger partial charge is 0.493 e. The van der Waals surface area contributed by atoms with E-state index in [4.69, 9.17) is 16.3 Å². The number of benzene rings is 1. The number of nitrogens with zero attached hydrogens (tertiary/aromatic N) is 5. The summed E-state index contributed by atoms with van der Waals surface area (Å²) in [6.07, 6.45) is 2.81. The molecule has 0 atom stereocenters. The molecule has 0 bridgehead atoms. The highest BCUT2D eigenvalue weighted by atomic mass is 35.5. The average molecular weight is 534 g/mol. The number of rotatable bonds is 7. The van der Waals surface area contributed by atoms with E-state index in [-0.39, 0.29) is 15.6 Å². The summed E-state index contributed by atoms with van der Waals surface area (Å²) in [5, 5.41) is 11.5. The molecule has 1 aromatic carbocycles. The molecule has 0 aliphatic carbocycles. The highest BCUT2D eigenvalue weighted by molar-refractivity contribution is 7.89. The fourth-order valence-corrected chi connectivity index (χ4v) is 6.48. The molecule has 1 aliphatic heterocycles. The van der Waals surface area contributed by atoms with Crippen LogP contribution >= 0.6 is 11.6 Å². The highest BCUT2D eigenvalue weighted by Crippen LogP contribution is 2.40. The first-order valence-electron chi connectivity index (χ1n) is 12.0. The van der Waals surface area contributed by atoms with E-state index in [1.54, 1.807) is 22.8 Å². The van der Waals surface area contributed by atoms with Gasteiger partial charge < -0.3 is 15.0 Å². The van der Waals surface area contributed by atoms with Gasteiger partial charge in [0, 0.05) is 31.7 Å². The number of aryl methyl sites for hydroxylation is 1. The van der Waals surface area contributed by atoms with E-state index in [1.807, 2.05) is 13.8 Å². The van der Waals surface area contributed by atoms with Crippen LogP contribution in [0.15, 0.2) is 34.2 Å². The van der Waals surface area contributed by atoms with Crippen molar-refractivity contribution in [1.29, 1.82) is 0 Å². The van der Waals surface area contributed by atoms with Gasteiger partial charge in [-0.3, -0.25) is 4.57 Å². The average Bonchev–Trinajstić information content (AvgIpc) is 3.37. The lowest BCUT2D eigenvalue weighted by Gasteiger charge is -2.20. The third-order valence-corrected chi connectivity index (χ3v) is 8.56. The number of ether oxygens (including phenoxy) is 1. The SMILES string of the molecule is CCCn1c(=O)n2cnnc2c2[nH]c(-c3cc(S(=O)(=O)N4CCCNCC4)ccc3OCC)c(Cl)c21. The van der Waals surface area contributed by atoms with Crippen molar-refractivity contribution in [2.24, 2.45) is 0 Å². The Kier molecular flexibility index (Phi) is 6.77. The van der Waals surface area contributed by atoms with Crippen molar-refractivity contribution < 1.29 is 13.2 Å². The fraction of sp³-hybridized carbons (Fsp3) is 0.435. The number of nitrogens with one attached hydrogen (secondary N) is 2. The predicted molar refractivity (Wildman–Crippen MR) is 137 cm³/mol. The second-order valence-corrected chi connectivity index (χ2v) is 10.9. The van der Waals surface area contributed by atoms with Crippen LogP contribution in [0, 0.1) is 0 Å². The summed E-state index contributed by atoms with van der Waals surface area (Å²) in [5.74, 6) is 0.476. The van der Waals surface area contributed by atoms with Crippen molar-refractivity contribution in [3.63, 3.8) is 0 Å². The summed E-state index contributed by atoms with van der Waals surface area (Å²) in [5.41, 5.74) is 2.01. The van der Waals surface area contributed by atoms with E-state index < -0.39 is 10.0 Å². The number of fused-ring (bicyclic) bond motifs is 3. The fourth-order valence-electron chi connectivity index (χ4n) is 4.63. The number of halogens is 1.